The van der Waals surface area contributed by atoms with Crippen molar-refractivity contribution in [1.82, 2.24) is 0 Å². The summed E-state index contributed by atoms with van der Waals surface area (Å²) in [6.07, 6.45) is 1.95. The zero-order chi connectivity index (χ0) is 20.6. The Morgan fingerprint density at radius 2 is 0.893 bits per heavy atom. The molecule has 0 aromatic heterocycles. The van der Waals surface area contributed by atoms with Gasteiger partial charge in [-0.25, -0.2) is 0 Å². The van der Waals surface area contributed by atoms with E-state index < -0.39 is 11.6 Å². The highest BCUT2D eigenvalue weighted by atomic mass is 35.5. The molecule has 1 aliphatic rings. The summed E-state index contributed by atoms with van der Waals surface area (Å²) < 4.78 is 10.9. The van der Waals surface area contributed by atoms with E-state index in [1.807, 2.05) is 0 Å². The maximum Gasteiger partial charge on any atom is 0.263 e. The predicted octanol–water partition coefficient (Wildman–Crippen LogP) is 6.98. The van der Waals surface area contributed by atoms with Crippen LogP contribution in [0.2, 0.25) is 30.1 Å². The Balaban J connectivity index is 1.90. The maximum absolute atomic E-state index is 12.7. The summed E-state index contributed by atoms with van der Waals surface area (Å²) in [4.78, 5) is 24.7. The normalized spacial score (nSPS) is 13.9. The number of hydrogen-bond acceptors (Lipinski definition) is 4. The fourth-order valence-corrected chi connectivity index (χ4v) is 3.97. The average Bonchev–Trinajstić information content (AvgIpc) is 2.57. The first-order valence-corrected chi connectivity index (χ1v) is 9.59. The smallest absolute Gasteiger partial charge is 0.263 e. The third-order valence-electron chi connectivity index (χ3n) is 3.34. The fourth-order valence-electron chi connectivity index (χ4n) is 2.18. The molecular formula is C18H6Cl6O4. The van der Waals surface area contributed by atoms with Gasteiger partial charge < -0.3 is 9.47 Å². The third kappa shape index (κ3) is 4.60. The number of carbonyl (C=O) groups is 2. The molecular weight excluding hydrogens is 493 g/mol. The third-order valence-corrected chi connectivity index (χ3v) is 4.90. The van der Waals surface area contributed by atoms with Crippen molar-refractivity contribution in [2.24, 2.45) is 0 Å². The van der Waals surface area contributed by atoms with Crippen molar-refractivity contribution in [3.63, 3.8) is 0 Å². The van der Waals surface area contributed by atoms with E-state index in [0.29, 0.717) is 0 Å². The first-order chi connectivity index (χ1) is 13.2. The van der Waals surface area contributed by atoms with Gasteiger partial charge in [0.1, 0.15) is 0 Å². The van der Waals surface area contributed by atoms with Gasteiger partial charge in [-0.2, -0.15) is 0 Å². The van der Waals surface area contributed by atoms with Crippen molar-refractivity contribution in [1.29, 1.82) is 0 Å². The van der Waals surface area contributed by atoms with E-state index in [0.717, 1.165) is 12.2 Å². The molecule has 2 aromatic carbocycles. The van der Waals surface area contributed by atoms with Crippen LogP contribution in [0.3, 0.4) is 0 Å². The number of Topliss-reactive ketones (excluding diaryl/α,β-unsaturated/α-hetero) is 1. The van der Waals surface area contributed by atoms with Crippen LogP contribution in [-0.2, 0) is 9.59 Å². The highest BCUT2D eigenvalue weighted by molar-refractivity contribution is 6.41. The largest absolute Gasteiger partial charge is 0.450 e. The number of halogens is 6. The highest BCUT2D eigenvalue weighted by Gasteiger charge is 2.28. The SMILES string of the molecule is O=C1C=C(Oc2c(Cl)cc(Cl)cc2Cl)C(=O)C(Oc2c(Cl)cc(Cl)cc2Cl)=C1. The van der Waals surface area contributed by atoms with Gasteiger partial charge in [-0.3, -0.25) is 9.59 Å². The van der Waals surface area contributed by atoms with Crippen molar-refractivity contribution >= 4 is 81.2 Å². The van der Waals surface area contributed by atoms with Gasteiger partial charge in [0, 0.05) is 22.2 Å². The number of rotatable bonds is 4. The quantitative estimate of drug-likeness (QED) is 0.426. The number of hydrogen-bond donors (Lipinski definition) is 0. The van der Waals surface area contributed by atoms with Gasteiger partial charge in [-0.05, 0) is 24.3 Å². The van der Waals surface area contributed by atoms with E-state index in [9.17, 15) is 9.59 Å². The molecule has 0 radical (unpaired) electrons. The van der Waals surface area contributed by atoms with Crippen LogP contribution in [0.4, 0.5) is 0 Å². The summed E-state index contributed by atoms with van der Waals surface area (Å²) in [6.45, 7) is 0. The van der Waals surface area contributed by atoms with Crippen LogP contribution < -0.4 is 9.47 Å². The fraction of sp³-hybridized carbons (Fsp3) is 0. The van der Waals surface area contributed by atoms with Crippen LogP contribution >= 0.6 is 69.6 Å². The van der Waals surface area contributed by atoms with Crippen LogP contribution in [0.15, 0.2) is 47.9 Å². The summed E-state index contributed by atoms with van der Waals surface area (Å²) in [5.41, 5.74) is 0. The highest BCUT2D eigenvalue weighted by Crippen LogP contribution is 2.39. The van der Waals surface area contributed by atoms with Gasteiger partial charge in [0.25, 0.3) is 5.78 Å². The number of benzene rings is 2. The minimum Gasteiger partial charge on any atom is -0.450 e. The summed E-state index contributed by atoms with van der Waals surface area (Å²) >= 11 is 35.9. The molecule has 0 saturated heterocycles. The zero-order valence-corrected chi connectivity index (χ0v) is 17.9. The van der Waals surface area contributed by atoms with Crippen LogP contribution in [0.25, 0.3) is 0 Å². The lowest BCUT2D eigenvalue weighted by atomic mass is 10.1. The molecule has 0 unspecified atom stereocenters. The van der Waals surface area contributed by atoms with Crippen molar-refractivity contribution in [3.05, 3.63) is 78.1 Å². The topological polar surface area (TPSA) is 52.6 Å². The van der Waals surface area contributed by atoms with E-state index in [2.05, 4.69) is 0 Å². The lowest BCUT2D eigenvalue weighted by Gasteiger charge is -2.17. The Morgan fingerprint density at radius 1 is 0.571 bits per heavy atom. The molecule has 0 spiro atoms. The summed E-state index contributed by atoms with van der Waals surface area (Å²) in [7, 11) is 0. The van der Waals surface area contributed by atoms with Crippen LogP contribution in [0, 0.1) is 0 Å². The molecule has 0 heterocycles. The second-order valence-corrected chi connectivity index (χ2v) is 7.85. The molecule has 28 heavy (non-hydrogen) atoms. The van der Waals surface area contributed by atoms with E-state index in [-0.39, 0.29) is 53.2 Å². The molecule has 0 N–H and O–H groups in total. The number of ketones is 2. The van der Waals surface area contributed by atoms with Gasteiger partial charge in [0.15, 0.2) is 28.8 Å². The van der Waals surface area contributed by atoms with Crippen LogP contribution in [0.5, 0.6) is 11.5 Å². The zero-order valence-electron chi connectivity index (χ0n) is 13.4. The van der Waals surface area contributed by atoms with E-state index in [1.165, 1.54) is 24.3 Å². The summed E-state index contributed by atoms with van der Waals surface area (Å²) in [5.74, 6) is -2.09. The Bertz CT molecular complexity index is 946. The number of carbonyl (C=O) groups excluding carboxylic acids is 2. The van der Waals surface area contributed by atoms with Gasteiger partial charge in [0.05, 0.1) is 20.1 Å². The van der Waals surface area contributed by atoms with Crippen molar-refractivity contribution in [2.75, 3.05) is 0 Å². The molecule has 1 aliphatic carbocycles. The van der Waals surface area contributed by atoms with Crippen molar-refractivity contribution in [3.8, 4) is 11.5 Å². The standard InChI is InChI=1S/C18H6Cl6O4/c19-7-1-10(21)17(11(22)2-7)27-14-5-9(25)6-15(16(14)26)28-18-12(23)3-8(20)4-13(18)24/h1-6H. The first-order valence-electron chi connectivity index (χ1n) is 7.32. The van der Waals surface area contributed by atoms with Gasteiger partial charge in [-0.15, -0.1) is 0 Å². The first kappa shape index (κ1) is 21.3. The van der Waals surface area contributed by atoms with Crippen molar-refractivity contribution < 1.29 is 19.1 Å². The van der Waals surface area contributed by atoms with Crippen LogP contribution in [-0.4, -0.2) is 11.6 Å². The molecule has 144 valence electrons. The molecule has 0 aliphatic heterocycles. The molecule has 10 heteroatoms. The van der Waals surface area contributed by atoms with Gasteiger partial charge >= 0.3 is 0 Å². The summed E-state index contributed by atoms with van der Waals surface area (Å²) in [5, 5.41) is 0.773. The minimum atomic E-state index is -0.747. The Morgan fingerprint density at radius 3 is 1.21 bits per heavy atom. The minimum absolute atomic E-state index is 0.0380. The lowest BCUT2D eigenvalue weighted by Crippen LogP contribution is -2.21. The van der Waals surface area contributed by atoms with Gasteiger partial charge in [0.2, 0.25) is 0 Å². The molecule has 3 rings (SSSR count). The van der Waals surface area contributed by atoms with Gasteiger partial charge in [-0.1, -0.05) is 69.6 Å². The average molecular weight is 499 g/mol. The van der Waals surface area contributed by atoms with Crippen molar-refractivity contribution in [2.45, 2.75) is 0 Å². The van der Waals surface area contributed by atoms with E-state index in [4.69, 9.17) is 79.1 Å². The molecule has 0 bridgehead atoms. The molecule has 4 nitrogen and oxygen atoms in total. The Labute approximate surface area is 189 Å². The number of allylic oxidation sites excluding steroid dienone is 2. The molecule has 0 fully saturated rings. The predicted molar refractivity (Wildman–Crippen MR) is 110 cm³/mol. The van der Waals surface area contributed by atoms with Crippen LogP contribution in [0.1, 0.15) is 0 Å². The number of ether oxygens (including phenoxy) is 2. The monoisotopic (exact) mass is 496 g/mol. The molecule has 2 aromatic rings. The van der Waals surface area contributed by atoms with E-state index in [1.54, 1.807) is 0 Å². The second-order valence-electron chi connectivity index (χ2n) is 5.35. The molecule has 0 atom stereocenters. The Hall–Kier alpha value is -1.40. The molecule has 0 saturated carbocycles. The summed E-state index contributed by atoms with van der Waals surface area (Å²) in [6, 6.07) is 5.50. The maximum atomic E-state index is 12.7. The Kier molecular flexibility index (Phi) is 6.50. The molecule has 0 amide bonds. The lowest BCUT2D eigenvalue weighted by molar-refractivity contribution is -0.118. The second kappa shape index (κ2) is 8.54. The van der Waals surface area contributed by atoms with E-state index >= 15 is 0 Å².